The molecule has 2 heteroatoms. The lowest BCUT2D eigenvalue weighted by Gasteiger charge is -1.97. The largest absolute Gasteiger partial charge is 0.348 e. The molecule has 1 aromatic heterocycles. The van der Waals surface area contributed by atoms with Crippen LogP contribution in [-0.4, -0.2) is 9.93 Å². The van der Waals surface area contributed by atoms with Gasteiger partial charge in [-0.25, -0.2) is 0 Å². The van der Waals surface area contributed by atoms with Crippen LogP contribution in [0, 0.1) is 13.8 Å². The second-order valence-electron chi connectivity index (χ2n) is 2.51. The molecule has 0 aliphatic carbocycles. The maximum atomic E-state index is 4.83. The number of aromatic nitrogens is 1. The van der Waals surface area contributed by atoms with Gasteiger partial charge in [0.1, 0.15) is 0 Å². The zero-order chi connectivity index (χ0) is 7.72. The van der Waals surface area contributed by atoms with E-state index in [9.17, 15) is 0 Å². The van der Waals surface area contributed by atoms with Crippen LogP contribution in [0.3, 0.4) is 0 Å². The van der Waals surface area contributed by atoms with Crippen molar-refractivity contribution in [1.82, 2.24) is 4.57 Å². The van der Waals surface area contributed by atoms with Crippen molar-refractivity contribution < 1.29 is 0 Å². The zero-order valence-electron chi connectivity index (χ0n) is 6.51. The van der Waals surface area contributed by atoms with Crippen LogP contribution < -0.4 is 0 Å². The highest BCUT2D eigenvalue weighted by atomic mass is 32.1. The van der Waals surface area contributed by atoms with E-state index < -0.39 is 0 Å². The summed E-state index contributed by atoms with van der Waals surface area (Å²) in [6.07, 6.45) is 0. The van der Waals surface area contributed by atoms with Crippen molar-refractivity contribution in [2.24, 2.45) is 7.05 Å². The molecule has 0 aliphatic rings. The Morgan fingerprint density at radius 2 is 2.10 bits per heavy atom. The van der Waals surface area contributed by atoms with Gasteiger partial charge in [-0.15, -0.1) is 0 Å². The van der Waals surface area contributed by atoms with Gasteiger partial charge in [-0.3, -0.25) is 0 Å². The van der Waals surface area contributed by atoms with Crippen LogP contribution >= 0.6 is 12.2 Å². The fraction of sp³-hybridized carbons (Fsp3) is 0.375. The smallest absolute Gasteiger partial charge is 0.0517 e. The summed E-state index contributed by atoms with van der Waals surface area (Å²) in [5.41, 5.74) is 3.71. The van der Waals surface area contributed by atoms with Crippen molar-refractivity contribution in [3.8, 4) is 0 Å². The first-order chi connectivity index (χ1) is 4.66. The van der Waals surface area contributed by atoms with Crippen molar-refractivity contribution in [2.75, 3.05) is 0 Å². The summed E-state index contributed by atoms with van der Waals surface area (Å²) in [7, 11) is 2.03. The van der Waals surface area contributed by atoms with Crippen molar-refractivity contribution >= 4 is 17.6 Å². The third-order valence-corrected chi connectivity index (χ3v) is 2.19. The zero-order valence-corrected chi connectivity index (χ0v) is 7.33. The summed E-state index contributed by atoms with van der Waals surface area (Å²) in [6.45, 7) is 4.19. The molecule has 0 amide bonds. The second kappa shape index (κ2) is 2.54. The average molecular weight is 153 g/mol. The Morgan fingerprint density at radius 3 is 2.30 bits per heavy atom. The highest BCUT2D eigenvalue weighted by molar-refractivity contribution is 7.79. The Labute approximate surface area is 66.7 Å². The minimum absolute atomic E-state index is 1.12. The standard InChI is InChI=1S/C8H11NS/c1-6-4-8(5-10)9(3)7(6)2/h4-5H,1-3H3. The third kappa shape index (κ3) is 0.991. The van der Waals surface area contributed by atoms with Gasteiger partial charge >= 0.3 is 0 Å². The number of rotatable bonds is 1. The van der Waals surface area contributed by atoms with Gasteiger partial charge < -0.3 is 4.57 Å². The molecule has 0 saturated carbocycles. The van der Waals surface area contributed by atoms with Crippen LogP contribution in [-0.2, 0) is 7.05 Å². The Morgan fingerprint density at radius 1 is 1.50 bits per heavy atom. The van der Waals surface area contributed by atoms with E-state index in [1.165, 1.54) is 11.3 Å². The minimum Gasteiger partial charge on any atom is -0.348 e. The SMILES string of the molecule is Cc1cc(C=S)n(C)c1C. The summed E-state index contributed by atoms with van der Waals surface area (Å²) in [4.78, 5) is 0. The lowest BCUT2D eigenvalue weighted by molar-refractivity contribution is 0.871. The molecule has 10 heavy (non-hydrogen) atoms. The van der Waals surface area contributed by atoms with Crippen molar-refractivity contribution in [3.63, 3.8) is 0 Å². The maximum Gasteiger partial charge on any atom is 0.0517 e. The summed E-state index contributed by atoms with van der Waals surface area (Å²) < 4.78 is 2.10. The topological polar surface area (TPSA) is 4.93 Å². The molecule has 54 valence electrons. The molecule has 1 aromatic rings. The molecule has 0 saturated heterocycles. The molecular weight excluding hydrogens is 142 g/mol. The van der Waals surface area contributed by atoms with Crippen molar-refractivity contribution in [1.29, 1.82) is 0 Å². The summed E-state index contributed by atoms with van der Waals surface area (Å²) in [5, 5.41) is 1.71. The molecule has 0 atom stereocenters. The molecule has 1 rings (SSSR count). The molecule has 0 aliphatic heterocycles. The number of aryl methyl sites for hydroxylation is 1. The van der Waals surface area contributed by atoms with Crippen molar-refractivity contribution in [2.45, 2.75) is 13.8 Å². The number of nitrogens with zero attached hydrogens (tertiary/aromatic N) is 1. The normalized spacial score (nSPS) is 9.90. The number of hydrogen-bond acceptors (Lipinski definition) is 1. The van der Waals surface area contributed by atoms with Gasteiger partial charge in [0.05, 0.1) is 5.69 Å². The minimum atomic E-state index is 1.12. The lowest BCUT2D eigenvalue weighted by Crippen LogP contribution is -1.95. The Kier molecular flexibility index (Phi) is 1.90. The Bertz CT molecular complexity index is 260. The van der Waals surface area contributed by atoms with E-state index in [0.717, 1.165) is 5.69 Å². The fourth-order valence-electron chi connectivity index (χ4n) is 0.994. The van der Waals surface area contributed by atoms with Crippen molar-refractivity contribution in [3.05, 3.63) is 23.0 Å². The first kappa shape index (κ1) is 7.48. The van der Waals surface area contributed by atoms with Gasteiger partial charge in [0.15, 0.2) is 0 Å². The van der Waals surface area contributed by atoms with E-state index in [1.807, 2.05) is 7.05 Å². The van der Waals surface area contributed by atoms with Crippen LogP contribution in [0.15, 0.2) is 6.07 Å². The molecule has 0 aromatic carbocycles. The van der Waals surface area contributed by atoms with Gasteiger partial charge in [-0.2, -0.15) is 0 Å². The Balaban J connectivity index is 3.30. The molecule has 0 unspecified atom stereocenters. The quantitative estimate of drug-likeness (QED) is 0.558. The first-order valence-electron chi connectivity index (χ1n) is 3.25. The molecular formula is C8H11NS. The molecule has 1 heterocycles. The van der Waals surface area contributed by atoms with Crippen LogP contribution in [0.1, 0.15) is 17.0 Å². The Hall–Kier alpha value is -0.630. The predicted molar refractivity (Wildman–Crippen MR) is 47.6 cm³/mol. The number of hydrogen-bond donors (Lipinski definition) is 0. The van der Waals surface area contributed by atoms with E-state index in [-0.39, 0.29) is 0 Å². The highest BCUT2D eigenvalue weighted by Crippen LogP contribution is 2.10. The second-order valence-corrected chi connectivity index (χ2v) is 2.75. The summed E-state index contributed by atoms with van der Waals surface area (Å²) in [6, 6.07) is 2.10. The maximum absolute atomic E-state index is 4.83. The van der Waals surface area contributed by atoms with Crippen LogP contribution in [0.2, 0.25) is 0 Å². The molecule has 0 N–H and O–H groups in total. The van der Waals surface area contributed by atoms with Gasteiger partial charge in [-0.05, 0) is 25.5 Å². The van der Waals surface area contributed by atoms with E-state index in [4.69, 9.17) is 12.2 Å². The molecule has 0 radical (unpaired) electrons. The van der Waals surface area contributed by atoms with Gasteiger partial charge in [0, 0.05) is 18.1 Å². The van der Waals surface area contributed by atoms with E-state index in [2.05, 4.69) is 24.5 Å². The van der Waals surface area contributed by atoms with Gasteiger partial charge in [-0.1, -0.05) is 12.2 Å². The third-order valence-electron chi connectivity index (χ3n) is 1.95. The molecule has 0 fully saturated rings. The molecule has 1 nitrogen and oxygen atoms in total. The van der Waals surface area contributed by atoms with Crippen LogP contribution in [0.25, 0.3) is 0 Å². The molecule has 0 bridgehead atoms. The lowest BCUT2D eigenvalue weighted by atomic mass is 10.3. The van der Waals surface area contributed by atoms with Gasteiger partial charge in [0.2, 0.25) is 0 Å². The van der Waals surface area contributed by atoms with Crippen LogP contribution in [0.4, 0.5) is 0 Å². The predicted octanol–water partition coefficient (Wildman–Crippen LogP) is 1.99. The van der Waals surface area contributed by atoms with Gasteiger partial charge in [0.25, 0.3) is 0 Å². The fourth-order valence-corrected chi connectivity index (χ4v) is 1.22. The van der Waals surface area contributed by atoms with E-state index >= 15 is 0 Å². The average Bonchev–Trinajstić information content (AvgIpc) is 2.17. The summed E-state index contributed by atoms with van der Waals surface area (Å²) >= 11 is 4.83. The number of thiocarbonyl (C=S) groups is 1. The van der Waals surface area contributed by atoms with E-state index in [0.29, 0.717) is 0 Å². The highest BCUT2D eigenvalue weighted by Gasteiger charge is 2.00. The summed E-state index contributed by atoms with van der Waals surface area (Å²) in [5.74, 6) is 0. The van der Waals surface area contributed by atoms with E-state index in [1.54, 1.807) is 5.37 Å². The molecule has 0 spiro atoms. The van der Waals surface area contributed by atoms with Crippen LogP contribution in [0.5, 0.6) is 0 Å². The monoisotopic (exact) mass is 153 g/mol. The first-order valence-corrected chi connectivity index (χ1v) is 3.72.